The van der Waals surface area contributed by atoms with Crippen LogP contribution < -0.4 is 16.0 Å². The number of urea groups is 1. The summed E-state index contributed by atoms with van der Waals surface area (Å²) < 4.78 is 5.19. The maximum Gasteiger partial charge on any atom is 0.340 e. The first-order chi connectivity index (χ1) is 15.3. The number of carbonyl (C=O) groups is 3. The number of fused-ring (bicyclic) bond motifs is 1. The van der Waals surface area contributed by atoms with Crippen molar-refractivity contribution in [2.75, 3.05) is 11.9 Å². The molecule has 0 spiro atoms. The fraction of sp³-hybridized carbons (Fsp3) is 0.240. The second-order valence-corrected chi connectivity index (χ2v) is 7.73. The van der Waals surface area contributed by atoms with Gasteiger partial charge in [-0.1, -0.05) is 54.6 Å². The molecule has 7 heteroatoms. The summed E-state index contributed by atoms with van der Waals surface area (Å²) in [6.45, 7) is 5.11. The fourth-order valence-electron chi connectivity index (χ4n) is 3.39. The molecule has 1 atom stereocenters. The highest BCUT2D eigenvalue weighted by atomic mass is 16.5. The summed E-state index contributed by atoms with van der Waals surface area (Å²) >= 11 is 0. The van der Waals surface area contributed by atoms with Gasteiger partial charge in [0.05, 0.1) is 17.3 Å². The number of rotatable bonds is 7. The van der Waals surface area contributed by atoms with Crippen molar-refractivity contribution < 1.29 is 19.1 Å². The van der Waals surface area contributed by atoms with Crippen molar-refractivity contribution >= 4 is 34.4 Å². The van der Waals surface area contributed by atoms with Crippen molar-refractivity contribution in [1.82, 2.24) is 10.6 Å². The van der Waals surface area contributed by atoms with Gasteiger partial charge in [0.15, 0.2) is 6.61 Å². The van der Waals surface area contributed by atoms with E-state index in [2.05, 4.69) is 16.0 Å². The smallest absolute Gasteiger partial charge is 0.340 e. The number of anilines is 1. The van der Waals surface area contributed by atoms with E-state index in [4.69, 9.17) is 4.74 Å². The Balaban J connectivity index is 1.60. The molecular weight excluding hydrogens is 406 g/mol. The van der Waals surface area contributed by atoms with Crippen LogP contribution in [0.3, 0.4) is 0 Å². The Bertz CT molecular complexity index is 1120. The Morgan fingerprint density at radius 1 is 0.844 bits per heavy atom. The molecule has 0 radical (unpaired) electrons. The zero-order valence-corrected chi connectivity index (χ0v) is 18.3. The molecule has 1 unspecified atom stereocenters. The van der Waals surface area contributed by atoms with Gasteiger partial charge >= 0.3 is 12.0 Å². The minimum absolute atomic E-state index is 0.0541. The quantitative estimate of drug-likeness (QED) is 0.481. The number of esters is 1. The number of amides is 3. The Morgan fingerprint density at radius 3 is 2.31 bits per heavy atom. The standard InChI is InChI=1S/C25H27N3O4/c1-16(2)26-25(31)28-22-14-7-6-12-21(22)24(30)32-15-23(29)27-17(3)19-13-8-10-18-9-4-5-11-20(18)19/h4-14,16-17H,15H2,1-3H3,(H,27,29)(H2,26,28,31). The summed E-state index contributed by atoms with van der Waals surface area (Å²) in [6.07, 6.45) is 0. The van der Waals surface area contributed by atoms with Crippen molar-refractivity contribution in [2.24, 2.45) is 0 Å². The molecule has 3 aromatic carbocycles. The number of ether oxygens (including phenoxy) is 1. The molecule has 3 N–H and O–H groups in total. The van der Waals surface area contributed by atoms with Crippen LogP contribution in [0.15, 0.2) is 66.7 Å². The molecule has 0 aliphatic carbocycles. The molecule has 0 saturated heterocycles. The van der Waals surface area contributed by atoms with E-state index in [1.165, 1.54) is 6.07 Å². The summed E-state index contributed by atoms with van der Waals surface area (Å²) in [4.78, 5) is 36.9. The van der Waals surface area contributed by atoms with Gasteiger partial charge in [0.2, 0.25) is 0 Å². The van der Waals surface area contributed by atoms with Crippen LogP contribution >= 0.6 is 0 Å². The van der Waals surface area contributed by atoms with Gasteiger partial charge in [-0.25, -0.2) is 9.59 Å². The minimum atomic E-state index is -0.696. The van der Waals surface area contributed by atoms with E-state index in [0.29, 0.717) is 5.69 Å². The van der Waals surface area contributed by atoms with E-state index in [9.17, 15) is 14.4 Å². The molecule has 3 rings (SSSR count). The first-order valence-electron chi connectivity index (χ1n) is 10.5. The average Bonchev–Trinajstić information content (AvgIpc) is 2.76. The maximum absolute atomic E-state index is 12.5. The third-order valence-electron chi connectivity index (χ3n) is 4.82. The number of hydrogen-bond donors (Lipinski definition) is 3. The molecule has 3 amide bonds. The molecule has 3 aromatic rings. The first-order valence-corrected chi connectivity index (χ1v) is 10.5. The molecule has 7 nitrogen and oxygen atoms in total. The predicted octanol–water partition coefficient (Wildman–Crippen LogP) is 4.40. The van der Waals surface area contributed by atoms with Gasteiger partial charge in [-0.15, -0.1) is 0 Å². The second-order valence-electron chi connectivity index (χ2n) is 7.73. The normalized spacial score (nSPS) is 11.6. The highest BCUT2D eigenvalue weighted by Gasteiger charge is 2.17. The first kappa shape index (κ1) is 22.8. The van der Waals surface area contributed by atoms with Crippen LogP contribution in [-0.2, 0) is 9.53 Å². The number of benzene rings is 3. The summed E-state index contributed by atoms with van der Waals surface area (Å²) in [6, 6.07) is 19.6. The van der Waals surface area contributed by atoms with Gasteiger partial charge in [0, 0.05) is 6.04 Å². The molecule has 0 aliphatic heterocycles. The Labute approximate surface area is 187 Å². The lowest BCUT2D eigenvalue weighted by Crippen LogP contribution is -2.34. The molecule has 0 aromatic heterocycles. The van der Waals surface area contributed by atoms with Gasteiger partial charge in [0.1, 0.15) is 0 Å². The van der Waals surface area contributed by atoms with E-state index in [0.717, 1.165) is 16.3 Å². The Morgan fingerprint density at radius 2 is 1.53 bits per heavy atom. The number of nitrogens with one attached hydrogen (secondary N) is 3. The van der Waals surface area contributed by atoms with Crippen LogP contribution in [0.4, 0.5) is 10.5 Å². The molecular formula is C25H27N3O4. The average molecular weight is 434 g/mol. The summed E-state index contributed by atoms with van der Waals surface area (Å²) in [5.41, 5.74) is 1.45. The van der Waals surface area contributed by atoms with E-state index in [-0.39, 0.29) is 17.6 Å². The third-order valence-corrected chi connectivity index (χ3v) is 4.82. The molecule has 0 fully saturated rings. The van der Waals surface area contributed by atoms with Gasteiger partial charge < -0.3 is 20.7 Å². The fourth-order valence-corrected chi connectivity index (χ4v) is 3.39. The van der Waals surface area contributed by atoms with Gasteiger partial charge in [-0.05, 0) is 49.2 Å². The highest BCUT2D eigenvalue weighted by molar-refractivity contribution is 6.01. The molecule has 166 valence electrons. The number of hydrogen-bond acceptors (Lipinski definition) is 4. The van der Waals surface area contributed by atoms with Gasteiger partial charge in [-0.3, -0.25) is 4.79 Å². The highest BCUT2D eigenvalue weighted by Crippen LogP contribution is 2.24. The van der Waals surface area contributed by atoms with Crippen molar-refractivity contribution in [1.29, 1.82) is 0 Å². The Kier molecular flexibility index (Phi) is 7.44. The van der Waals surface area contributed by atoms with Crippen LogP contribution in [0, 0.1) is 0 Å². The molecule has 0 aliphatic rings. The van der Waals surface area contributed by atoms with Gasteiger partial charge in [0.25, 0.3) is 5.91 Å². The van der Waals surface area contributed by atoms with E-state index in [1.807, 2.05) is 63.2 Å². The Hall–Kier alpha value is -3.87. The van der Waals surface area contributed by atoms with E-state index in [1.54, 1.807) is 18.2 Å². The lowest BCUT2D eigenvalue weighted by atomic mass is 10.00. The summed E-state index contributed by atoms with van der Waals surface area (Å²) in [5.74, 6) is -1.11. The molecule has 32 heavy (non-hydrogen) atoms. The number of carbonyl (C=O) groups excluding carboxylic acids is 3. The van der Waals surface area contributed by atoms with Crippen LogP contribution in [0.25, 0.3) is 10.8 Å². The molecule has 0 heterocycles. The zero-order valence-electron chi connectivity index (χ0n) is 18.3. The largest absolute Gasteiger partial charge is 0.452 e. The van der Waals surface area contributed by atoms with Crippen molar-refractivity contribution in [3.8, 4) is 0 Å². The van der Waals surface area contributed by atoms with Gasteiger partial charge in [-0.2, -0.15) is 0 Å². The minimum Gasteiger partial charge on any atom is -0.452 e. The van der Waals surface area contributed by atoms with Crippen LogP contribution in [0.1, 0.15) is 42.7 Å². The molecule has 0 bridgehead atoms. The lowest BCUT2D eigenvalue weighted by Gasteiger charge is -2.17. The number of para-hydroxylation sites is 1. The van der Waals surface area contributed by atoms with Crippen molar-refractivity contribution in [3.05, 3.63) is 77.9 Å². The van der Waals surface area contributed by atoms with Crippen LogP contribution in [-0.4, -0.2) is 30.6 Å². The van der Waals surface area contributed by atoms with Crippen LogP contribution in [0.5, 0.6) is 0 Å². The summed E-state index contributed by atoms with van der Waals surface area (Å²) in [7, 11) is 0. The van der Waals surface area contributed by atoms with Crippen LogP contribution in [0.2, 0.25) is 0 Å². The monoisotopic (exact) mass is 433 g/mol. The summed E-state index contributed by atoms with van der Waals surface area (Å²) in [5, 5.41) is 10.3. The lowest BCUT2D eigenvalue weighted by molar-refractivity contribution is -0.124. The predicted molar refractivity (Wildman–Crippen MR) is 125 cm³/mol. The topological polar surface area (TPSA) is 96.5 Å². The van der Waals surface area contributed by atoms with Crippen molar-refractivity contribution in [2.45, 2.75) is 32.9 Å². The SMILES string of the molecule is CC(C)NC(=O)Nc1ccccc1C(=O)OCC(=O)NC(C)c1cccc2ccccc12. The maximum atomic E-state index is 12.5. The molecule has 0 saturated carbocycles. The van der Waals surface area contributed by atoms with E-state index >= 15 is 0 Å². The third kappa shape index (κ3) is 5.85. The van der Waals surface area contributed by atoms with E-state index < -0.39 is 24.5 Å². The second kappa shape index (κ2) is 10.4. The zero-order chi connectivity index (χ0) is 23.1. The van der Waals surface area contributed by atoms with Crippen molar-refractivity contribution in [3.63, 3.8) is 0 Å².